The van der Waals surface area contributed by atoms with E-state index in [9.17, 15) is 13.6 Å². The van der Waals surface area contributed by atoms with Crippen LogP contribution in [-0.4, -0.2) is 45.4 Å². The van der Waals surface area contributed by atoms with E-state index in [0.29, 0.717) is 49.5 Å². The molecule has 0 unspecified atom stereocenters. The second-order valence-electron chi connectivity index (χ2n) is 7.22. The summed E-state index contributed by atoms with van der Waals surface area (Å²) in [6.45, 7) is 3.22. The van der Waals surface area contributed by atoms with Gasteiger partial charge in [0.2, 0.25) is 5.95 Å². The van der Waals surface area contributed by atoms with Gasteiger partial charge in [0.25, 0.3) is 0 Å². The molecule has 30 heavy (non-hydrogen) atoms. The van der Waals surface area contributed by atoms with Crippen LogP contribution < -0.4 is 10.6 Å². The van der Waals surface area contributed by atoms with Crippen LogP contribution in [0.5, 0.6) is 0 Å². The fourth-order valence-electron chi connectivity index (χ4n) is 3.70. The Morgan fingerprint density at radius 2 is 2.00 bits per heavy atom. The van der Waals surface area contributed by atoms with Crippen molar-refractivity contribution in [3.05, 3.63) is 29.8 Å². The number of halogens is 2. The molecule has 1 fully saturated rings. The van der Waals surface area contributed by atoms with E-state index < -0.39 is 11.6 Å². The van der Waals surface area contributed by atoms with Gasteiger partial charge in [-0.25, -0.2) is 13.8 Å². The minimum Gasteiger partial charge on any atom is -0.466 e. The standard InChI is InChI=1S/C20H22F2N6O2/c1-3-30-19(29)11-6-8-28(9-7-11)20-24-16(13-5-4-12(21)10-14(13)22)15-17(23)27(2)26-18(15)25-20/h4-5,10-11H,3,6-9,23H2,1-2H3. The SMILES string of the molecule is CCOC(=O)C1CCN(c2nc(-c3ccc(F)cc3F)c3c(N)n(C)nc3n2)CC1. The number of fused-ring (bicyclic) bond motifs is 1. The molecule has 8 nitrogen and oxygen atoms in total. The van der Waals surface area contributed by atoms with Crippen LogP contribution in [0.25, 0.3) is 22.3 Å². The van der Waals surface area contributed by atoms with Crippen LogP contribution >= 0.6 is 0 Å². The number of piperidine rings is 1. The molecule has 3 heterocycles. The van der Waals surface area contributed by atoms with Gasteiger partial charge in [-0.3, -0.25) is 9.48 Å². The monoisotopic (exact) mass is 416 g/mol. The molecule has 1 saturated heterocycles. The average Bonchev–Trinajstić information content (AvgIpc) is 3.01. The molecule has 1 aromatic carbocycles. The molecule has 10 heteroatoms. The number of nitrogens with two attached hydrogens (primary N) is 1. The lowest BCUT2D eigenvalue weighted by molar-refractivity contribution is -0.148. The Balaban J connectivity index is 1.73. The molecule has 0 spiro atoms. The number of carbonyl (C=O) groups is 1. The van der Waals surface area contributed by atoms with Gasteiger partial charge in [0, 0.05) is 31.8 Å². The number of nitrogen functional groups attached to an aromatic ring is 1. The van der Waals surface area contributed by atoms with Crippen LogP contribution in [0.2, 0.25) is 0 Å². The predicted molar refractivity (Wildman–Crippen MR) is 108 cm³/mol. The van der Waals surface area contributed by atoms with Crippen LogP contribution in [0, 0.1) is 17.6 Å². The van der Waals surface area contributed by atoms with Crippen molar-refractivity contribution in [3.8, 4) is 11.3 Å². The summed E-state index contributed by atoms with van der Waals surface area (Å²) >= 11 is 0. The topological polar surface area (TPSA) is 99.2 Å². The fourth-order valence-corrected chi connectivity index (χ4v) is 3.70. The highest BCUT2D eigenvalue weighted by Crippen LogP contribution is 2.34. The third-order valence-corrected chi connectivity index (χ3v) is 5.31. The highest BCUT2D eigenvalue weighted by atomic mass is 19.1. The number of hydrogen-bond donors (Lipinski definition) is 1. The van der Waals surface area contributed by atoms with Crippen molar-refractivity contribution < 1.29 is 18.3 Å². The van der Waals surface area contributed by atoms with E-state index in [4.69, 9.17) is 10.5 Å². The first kappa shape index (κ1) is 20.0. The number of benzene rings is 1. The van der Waals surface area contributed by atoms with E-state index in [-0.39, 0.29) is 29.0 Å². The molecular formula is C20H22F2N6O2. The lowest BCUT2D eigenvalue weighted by Crippen LogP contribution is -2.38. The normalized spacial score (nSPS) is 15.0. The van der Waals surface area contributed by atoms with Crippen LogP contribution in [0.1, 0.15) is 19.8 Å². The van der Waals surface area contributed by atoms with Crippen molar-refractivity contribution in [1.82, 2.24) is 19.7 Å². The van der Waals surface area contributed by atoms with Crippen molar-refractivity contribution >= 4 is 28.8 Å². The van der Waals surface area contributed by atoms with E-state index in [1.54, 1.807) is 14.0 Å². The molecule has 0 saturated carbocycles. The second kappa shape index (κ2) is 7.85. The summed E-state index contributed by atoms with van der Waals surface area (Å²) in [6.07, 6.45) is 1.20. The molecule has 3 aromatic rings. The Bertz CT molecular complexity index is 1110. The van der Waals surface area contributed by atoms with Gasteiger partial charge in [0.1, 0.15) is 17.5 Å². The third kappa shape index (κ3) is 3.53. The lowest BCUT2D eigenvalue weighted by atomic mass is 9.97. The number of ether oxygens (including phenoxy) is 1. The van der Waals surface area contributed by atoms with E-state index in [0.717, 1.165) is 6.07 Å². The molecule has 0 radical (unpaired) electrons. The summed E-state index contributed by atoms with van der Waals surface area (Å²) in [5.41, 5.74) is 6.82. The molecule has 1 aliphatic rings. The van der Waals surface area contributed by atoms with Gasteiger partial charge in [0.05, 0.1) is 23.6 Å². The molecule has 4 rings (SSSR count). The number of aromatic nitrogens is 4. The summed E-state index contributed by atoms with van der Waals surface area (Å²) < 4.78 is 34.5. The Morgan fingerprint density at radius 1 is 1.27 bits per heavy atom. The van der Waals surface area contributed by atoms with Crippen molar-refractivity contribution in [2.75, 3.05) is 30.3 Å². The molecular weight excluding hydrogens is 394 g/mol. The van der Waals surface area contributed by atoms with Crippen LogP contribution in [-0.2, 0) is 16.6 Å². The number of anilines is 2. The predicted octanol–water partition coefficient (Wildman–Crippen LogP) is 2.67. The maximum atomic E-state index is 14.6. The van der Waals surface area contributed by atoms with Crippen LogP contribution in [0.3, 0.4) is 0 Å². The van der Waals surface area contributed by atoms with Crippen LogP contribution in [0.15, 0.2) is 18.2 Å². The Morgan fingerprint density at radius 3 is 2.67 bits per heavy atom. The first-order valence-corrected chi connectivity index (χ1v) is 9.76. The van der Waals surface area contributed by atoms with E-state index >= 15 is 0 Å². The maximum Gasteiger partial charge on any atom is 0.309 e. The molecule has 0 amide bonds. The van der Waals surface area contributed by atoms with Gasteiger partial charge < -0.3 is 15.4 Å². The van der Waals surface area contributed by atoms with E-state index in [2.05, 4.69) is 15.1 Å². The number of aryl methyl sites for hydroxylation is 1. The van der Waals surface area contributed by atoms with Gasteiger partial charge >= 0.3 is 5.97 Å². The minimum atomic E-state index is -0.745. The van der Waals surface area contributed by atoms with Crippen LogP contribution in [0.4, 0.5) is 20.5 Å². The number of hydrogen-bond acceptors (Lipinski definition) is 7. The van der Waals surface area contributed by atoms with Gasteiger partial charge in [-0.2, -0.15) is 10.1 Å². The van der Waals surface area contributed by atoms with Crippen molar-refractivity contribution in [3.63, 3.8) is 0 Å². The van der Waals surface area contributed by atoms with Crippen molar-refractivity contribution in [2.45, 2.75) is 19.8 Å². The lowest BCUT2D eigenvalue weighted by Gasteiger charge is -2.31. The largest absolute Gasteiger partial charge is 0.466 e. The zero-order chi connectivity index (χ0) is 21.4. The zero-order valence-corrected chi connectivity index (χ0v) is 16.7. The van der Waals surface area contributed by atoms with E-state index in [1.807, 2.05) is 4.90 Å². The molecule has 1 aliphatic heterocycles. The number of nitrogens with zero attached hydrogens (tertiary/aromatic N) is 5. The Kier molecular flexibility index (Phi) is 5.23. The first-order chi connectivity index (χ1) is 14.4. The summed E-state index contributed by atoms with van der Waals surface area (Å²) in [5, 5.41) is 4.72. The summed E-state index contributed by atoms with van der Waals surface area (Å²) in [4.78, 5) is 23.0. The number of esters is 1. The van der Waals surface area contributed by atoms with Crippen molar-refractivity contribution in [1.29, 1.82) is 0 Å². The van der Waals surface area contributed by atoms with Crippen molar-refractivity contribution in [2.24, 2.45) is 13.0 Å². The van der Waals surface area contributed by atoms with E-state index in [1.165, 1.54) is 16.8 Å². The Labute approximate surface area is 171 Å². The minimum absolute atomic E-state index is 0.117. The first-order valence-electron chi connectivity index (χ1n) is 9.76. The highest BCUT2D eigenvalue weighted by molar-refractivity contribution is 5.99. The van der Waals surface area contributed by atoms with Gasteiger partial charge in [-0.1, -0.05) is 0 Å². The number of rotatable bonds is 4. The summed E-state index contributed by atoms with van der Waals surface area (Å²) in [5.74, 6) is -1.13. The molecule has 0 atom stereocenters. The molecule has 0 bridgehead atoms. The summed E-state index contributed by atoms with van der Waals surface area (Å²) in [7, 11) is 1.66. The summed E-state index contributed by atoms with van der Waals surface area (Å²) in [6, 6.07) is 3.30. The van der Waals surface area contributed by atoms with Gasteiger partial charge in [0.15, 0.2) is 5.65 Å². The molecule has 0 aliphatic carbocycles. The fraction of sp³-hybridized carbons (Fsp3) is 0.400. The zero-order valence-electron chi connectivity index (χ0n) is 16.7. The molecule has 158 valence electrons. The maximum absolute atomic E-state index is 14.6. The average molecular weight is 416 g/mol. The van der Waals surface area contributed by atoms with Gasteiger partial charge in [-0.15, -0.1) is 0 Å². The smallest absolute Gasteiger partial charge is 0.309 e. The molecule has 2 aromatic heterocycles. The quantitative estimate of drug-likeness (QED) is 0.653. The highest BCUT2D eigenvalue weighted by Gasteiger charge is 2.28. The van der Waals surface area contributed by atoms with Gasteiger partial charge in [-0.05, 0) is 31.9 Å². The second-order valence-corrected chi connectivity index (χ2v) is 7.22. The third-order valence-electron chi connectivity index (χ3n) is 5.31. The Hall–Kier alpha value is -3.30. The molecule has 2 N–H and O–H groups in total. The number of carbonyl (C=O) groups excluding carboxylic acids is 1.